The SMILES string of the molecule is CC1(C2CC23N[C@@H](C(=O)Nc2ccc(C(=O)O)cc2)C(C2=C(F)C(Cl)=CCC2c2cc(F)cc(Cl)c2)C3N)CCCCC1. The van der Waals surface area contributed by atoms with Gasteiger partial charge in [-0.05, 0) is 90.6 Å². The number of carbonyl (C=O) groups is 2. The second kappa shape index (κ2) is 11.3. The molecule has 3 fully saturated rings. The molecule has 1 aliphatic heterocycles. The van der Waals surface area contributed by atoms with E-state index in [0.29, 0.717) is 17.7 Å². The zero-order valence-corrected chi connectivity index (χ0v) is 25.3. The molecule has 5 unspecified atom stereocenters. The molecule has 2 aromatic rings. The van der Waals surface area contributed by atoms with Gasteiger partial charge in [-0.3, -0.25) is 10.1 Å². The number of anilines is 1. The van der Waals surface area contributed by atoms with Crippen molar-refractivity contribution in [1.82, 2.24) is 5.32 Å². The van der Waals surface area contributed by atoms with E-state index in [1.165, 1.54) is 42.8 Å². The number of aromatic carboxylic acids is 1. The normalized spacial score (nSPS) is 31.6. The molecule has 1 saturated heterocycles. The van der Waals surface area contributed by atoms with E-state index in [-0.39, 0.29) is 32.5 Å². The van der Waals surface area contributed by atoms with E-state index in [2.05, 4.69) is 17.6 Å². The van der Waals surface area contributed by atoms with Gasteiger partial charge in [-0.2, -0.15) is 0 Å². The van der Waals surface area contributed by atoms with Crippen molar-refractivity contribution < 1.29 is 23.5 Å². The number of hydrogen-bond donors (Lipinski definition) is 4. The minimum atomic E-state index is -1.08. The Kier molecular flexibility index (Phi) is 7.95. The Labute approximate surface area is 259 Å². The lowest BCUT2D eigenvalue weighted by Gasteiger charge is -2.37. The monoisotopic (exact) mass is 629 g/mol. The van der Waals surface area contributed by atoms with Crippen LogP contribution in [0.1, 0.15) is 73.7 Å². The van der Waals surface area contributed by atoms with Gasteiger partial charge in [-0.25, -0.2) is 13.6 Å². The number of nitrogens with one attached hydrogen (secondary N) is 2. The summed E-state index contributed by atoms with van der Waals surface area (Å²) in [5, 5.41) is 15.9. The fraction of sp³-hybridized carbons (Fsp3) is 0.455. The second-order valence-corrected chi connectivity index (χ2v) is 13.7. The van der Waals surface area contributed by atoms with E-state index in [1.54, 1.807) is 12.1 Å². The highest BCUT2D eigenvalue weighted by molar-refractivity contribution is 6.32. The van der Waals surface area contributed by atoms with Gasteiger partial charge in [-0.1, -0.05) is 55.5 Å². The Morgan fingerprint density at radius 3 is 2.42 bits per heavy atom. The summed E-state index contributed by atoms with van der Waals surface area (Å²) in [7, 11) is 0. The molecule has 0 aromatic heterocycles. The Bertz CT molecular complexity index is 1500. The predicted octanol–water partition coefficient (Wildman–Crippen LogP) is 7.29. The van der Waals surface area contributed by atoms with Crippen LogP contribution >= 0.6 is 23.2 Å². The smallest absolute Gasteiger partial charge is 0.335 e. The van der Waals surface area contributed by atoms with E-state index >= 15 is 4.39 Å². The molecule has 6 nitrogen and oxygen atoms in total. The van der Waals surface area contributed by atoms with Crippen molar-refractivity contribution in [1.29, 1.82) is 0 Å². The number of hydrogen-bond acceptors (Lipinski definition) is 4. The molecule has 2 saturated carbocycles. The van der Waals surface area contributed by atoms with Crippen molar-refractivity contribution >= 4 is 40.8 Å². The van der Waals surface area contributed by atoms with Crippen LogP contribution in [0, 0.1) is 23.1 Å². The molecule has 0 bridgehead atoms. The molecule has 6 rings (SSSR count). The van der Waals surface area contributed by atoms with Crippen LogP contribution in [0.5, 0.6) is 0 Å². The summed E-state index contributed by atoms with van der Waals surface area (Å²) in [6, 6.07) is 8.46. The number of carboxylic acids is 1. The maximum absolute atomic E-state index is 16.3. The van der Waals surface area contributed by atoms with Crippen LogP contribution < -0.4 is 16.4 Å². The van der Waals surface area contributed by atoms with Crippen LogP contribution in [-0.2, 0) is 4.79 Å². The van der Waals surface area contributed by atoms with Gasteiger partial charge >= 0.3 is 5.97 Å². The highest BCUT2D eigenvalue weighted by Crippen LogP contribution is 2.65. The van der Waals surface area contributed by atoms with Gasteiger partial charge in [-0.15, -0.1) is 0 Å². The number of amides is 1. The molecule has 3 aliphatic carbocycles. The van der Waals surface area contributed by atoms with Crippen LogP contribution in [0.25, 0.3) is 0 Å². The fourth-order valence-corrected chi connectivity index (χ4v) is 8.53. The van der Waals surface area contributed by atoms with Crippen molar-refractivity contribution in [2.24, 2.45) is 23.0 Å². The highest BCUT2D eigenvalue weighted by Gasteiger charge is 2.71. The first-order valence-electron chi connectivity index (χ1n) is 14.8. The van der Waals surface area contributed by atoms with Gasteiger partial charge in [0.1, 0.15) is 11.6 Å². The summed E-state index contributed by atoms with van der Waals surface area (Å²) in [5.74, 6) is -3.89. The lowest BCUT2D eigenvalue weighted by Crippen LogP contribution is -2.47. The van der Waals surface area contributed by atoms with Crippen LogP contribution in [0.2, 0.25) is 5.02 Å². The number of nitrogens with two attached hydrogens (primary N) is 1. The first kappa shape index (κ1) is 30.3. The third-order valence-electron chi connectivity index (χ3n) is 10.3. The van der Waals surface area contributed by atoms with Crippen molar-refractivity contribution in [3.05, 3.63) is 86.9 Å². The van der Waals surface area contributed by atoms with Crippen LogP contribution in [-0.4, -0.2) is 34.6 Å². The standard InChI is InChI=1S/C33H35Cl2F2N3O3/c1-32(11-3-2-4-12-32)24-16-33(24)29(38)26(28(40-33)30(41)39-21-7-5-17(6-8-21)31(42)43)25-22(9-10-23(35)27(25)37)18-13-19(34)15-20(36)14-18/h5-8,10,13-15,22,24,26,28-29,40H,2-4,9,11-12,16,38H2,1H3,(H,39,41)(H,42,43)/t22?,24?,26?,28-,29?,33?/m1/s1. The molecule has 1 amide bonds. The average Bonchev–Trinajstić information content (AvgIpc) is 3.64. The van der Waals surface area contributed by atoms with Gasteiger partial charge in [0, 0.05) is 34.1 Å². The lowest BCUT2D eigenvalue weighted by molar-refractivity contribution is -0.118. The summed E-state index contributed by atoms with van der Waals surface area (Å²) in [6.07, 6.45) is 8.25. The zero-order chi connectivity index (χ0) is 30.7. The third kappa shape index (κ3) is 5.41. The summed E-state index contributed by atoms with van der Waals surface area (Å²) >= 11 is 12.6. The molecular weight excluding hydrogens is 595 g/mol. The number of rotatable bonds is 6. The van der Waals surface area contributed by atoms with E-state index in [9.17, 15) is 19.1 Å². The molecule has 6 atom stereocenters. The fourth-order valence-electron chi connectivity index (χ4n) is 8.10. The maximum atomic E-state index is 16.3. The average molecular weight is 631 g/mol. The minimum Gasteiger partial charge on any atom is -0.478 e. The number of carbonyl (C=O) groups excluding carboxylic acids is 1. The van der Waals surface area contributed by atoms with E-state index in [1.807, 2.05) is 0 Å². The van der Waals surface area contributed by atoms with Gasteiger partial charge in [0.25, 0.3) is 0 Å². The largest absolute Gasteiger partial charge is 0.478 e. The van der Waals surface area contributed by atoms with Gasteiger partial charge in [0.15, 0.2) is 0 Å². The number of allylic oxidation sites excluding steroid dienone is 3. The molecule has 5 N–H and O–H groups in total. The van der Waals surface area contributed by atoms with Crippen molar-refractivity contribution in [2.45, 2.75) is 75.4 Å². The highest BCUT2D eigenvalue weighted by atomic mass is 35.5. The van der Waals surface area contributed by atoms with Crippen LogP contribution in [0.4, 0.5) is 14.5 Å². The van der Waals surface area contributed by atoms with Crippen molar-refractivity contribution in [2.75, 3.05) is 5.32 Å². The molecular formula is C33H35Cl2F2N3O3. The van der Waals surface area contributed by atoms with Crippen LogP contribution in [0.15, 0.2) is 65.0 Å². The Balaban J connectivity index is 1.40. The molecule has 1 spiro atoms. The third-order valence-corrected chi connectivity index (χ3v) is 10.8. The maximum Gasteiger partial charge on any atom is 0.335 e. The molecule has 228 valence electrons. The van der Waals surface area contributed by atoms with Crippen LogP contribution in [0.3, 0.4) is 0 Å². The Morgan fingerprint density at radius 1 is 1.07 bits per heavy atom. The Hall–Kier alpha value is -2.78. The zero-order valence-electron chi connectivity index (χ0n) is 23.8. The van der Waals surface area contributed by atoms with E-state index in [4.69, 9.17) is 28.9 Å². The van der Waals surface area contributed by atoms with Gasteiger partial charge < -0.3 is 16.2 Å². The quantitative estimate of drug-likeness (QED) is 0.268. The van der Waals surface area contributed by atoms with Crippen molar-refractivity contribution in [3.63, 3.8) is 0 Å². The lowest BCUT2D eigenvalue weighted by atomic mass is 9.69. The summed E-state index contributed by atoms with van der Waals surface area (Å²) in [5.41, 5.74) is 7.85. The second-order valence-electron chi connectivity index (χ2n) is 12.9. The van der Waals surface area contributed by atoms with Gasteiger partial charge in [0.05, 0.1) is 16.6 Å². The summed E-state index contributed by atoms with van der Waals surface area (Å²) in [6.45, 7) is 2.30. The number of benzene rings is 2. The summed E-state index contributed by atoms with van der Waals surface area (Å²) < 4.78 is 30.8. The number of halogens is 4. The molecule has 4 aliphatic rings. The summed E-state index contributed by atoms with van der Waals surface area (Å²) in [4.78, 5) is 25.3. The minimum absolute atomic E-state index is 0.0535. The van der Waals surface area contributed by atoms with E-state index in [0.717, 1.165) is 32.1 Å². The Morgan fingerprint density at radius 2 is 1.77 bits per heavy atom. The molecule has 1 heterocycles. The molecule has 0 radical (unpaired) electrons. The van der Waals surface area contributed by atoms with Gasteiger partial charge in [0.2, 0.25) is 5.91 Å². The van der Waals surface area contributed by atoms with E-state index < -0.39 is 53.0 Å². The topological polar surface area (TPSA) is 104 Å². The number of carboxylic acid groups (broad SMARTS) is 1. The van der Waals surface area contributed by atoms with Crippen molar-refractivity contribution in [3.8, 4) is 0 Å². The molecule has 43 heavy (non-hydrogen) atoms. The first-order chi connectivity index (χ1) is 20.4. The first-order valence-corrected chi connectivity index (χ1v) is 15.6. The molecule has 10 heteroatoms. The predicted molar refractivity (Wildman–Crippen MR) is 163 cm³/mol. The molecule has 2 aromatic carbocycles.